The molecule has 0 spiro atoms. The molecule has 0 aliphatic carbocycles. The number of nitrogens with zero attached hydrogens (tertiary/aromatic N) is 2. The Hall–Kier alpha value is -1.10. The molecule has 0 unspecified atom stereocenters. The van der Waals surface area contributed by atoms with Crippen LogP contribution in [0.5, 0.6) is 0 Å². The summed E-state index contributed by atoms with van der Waals surface area (Å²) in [4.78, 5) is 18.1. The number of carbonyl (C=O) groups is 1. The molecule has 1 aromatic rings. The van der Waals surface area contributed by atoms with E-state index in [0.717, 1.165) is 37.3 Å². The van der Waals surface area contributed by atoms with Crippen molar-refractivity contribution in [3.05, 3.63) is 34.1 Å². The average Bonchev–Trinajstić information content (AvgIpc) is 2.65. The van der Waals surface area contributed by atoms with Gasteiger partial charge < -0.3 is 20.3 Å². The Morgan fingerprint density at radius 3 is 2.68 bits per heavy atom. The number of aliphatic imine (C=N–C) groups is 1. The van der Waals surface area contributed by atoms with Gasteiger partial charge >= 0.3 is 6.09 Å². The van der Waals surface area contributed by atoms with Crippen molar-refractivity contribution in [3.8, 4) is 0 Å². The Labute approximate surface area is 191 Å². The quantitative estimate of drug-likeness (QED) is 0.309. The van der Waals surface area contributed by atoms with Crippen LogP contribution >= 0.6 is 39.9 Å². The van der Waals surface area contributed by atoms with Crippen molar-refractivity contribution in [2.75, 3.05) is 32.8 Å². The molecule has 1 aliphatic heterocycles. The van der Waals surface area contributed by atoms with Gasteiger partial charge in [0.1, 0.15) is 5.82 Å². The number of amides is 1. The van der Waals surface area contributed by atoms with Crippen LogP contribution in [0, 0.1) is 5.82 Å². The second-order valence-electron chi connectivity index (χ2n) is 6.36. The Bertz CT molecular complexity index is 655. The second kappa shape index (κ2) is 13.2. The number of halogens is 3. The summed E-state index contributed by atoms with van der Waals surface area (Å²) in [5.74, 6) is 0.514. The predicted octanol–water partition coefficient (Wildman–Crippen LogP) is 3.92. The smallest absolute Gasteiger partial charge is 0.409 e. The Kier molecular flexibility index (Phi) is 11.7. The molecule has 9 heteroatoms. The highest BCUT2D eigenvalue weighted by molar-refractivity contribution is 14.0. The zero-order chi connectivity index (χ0) is 19.6. The van der Waals surface area contributed by atoms with E-state index in [0.29, 0.717) is 30.7 Å². The molecule has 2 rings (SSSR count). The summed E-state index contributed by atoms with van der Waals surface area (Å²) in [5, 5.41) is 6.70. The molecule has 1 fully saturated rings. The first kappa shape index (κ1) is 24.9. The minimum absolute atomic E-state index is 0. The molecule has 6 nitrogen and oxygen atoms in total. The number of likely N-dealkylation sites (tertiary alicyclic amines) is 1. The van der Waals surface area contributed by atoms with E-state index >= 15 is 0 Å². The number of hydrogen-bond acceptors (Lipinski definition) is 3. The molecule has 1 aliphatic rings. The van der Waals surface area contributed by atoms with Gasteiger partial charge in [-0.15, -0.1) is 24.0 Å². The number of benzene rings is 1. The monoisotopic (exact) mass is 570 g/mol. The summed E-state index contributed by atoms with van der Waals surface area (Å²) in [6.45, 7) is 6.98. The van der Waals surface area contributed by atoms with Crippen molar-refractivity contribution in [1.82, 2.24) is 15.5 Å². The van der Waals surface area contributed by atoms with Gasteiger partial charge in [0, 0.05) is 32.2 Å². The maximum atomic E-state index is 13.3. The van der Waals surface area contributed by atoms with Crippen molar-refractivity contribution in [1.29, 1.82) is 0 Å². The van der Waals surface area contributed by atoms with Crippen LogP contribution < -0.4 is 10.6 Å². The predicted molar refractivity (Wildman–Crippen MR) is 124 cm³/mol. The van der Waals surface area contributed by atoms with Crippen molar-refractivity contribution in [2.24, 2.45) is 4.99 Å². The molecular formula is C19H29BrFIN4O2. The van der Waals surface area contributed by atoms with Gasteiger partial charge in [-0.05, 0) is 66.7 Å². The summed E-state index contributed by atoms with van der Waals surface area (Å²) in [7, 11) is 0. The third-order valence-corrected chi connectivity index (χ3v) is 4.97. The SMILES string of the molecule is CCNC(=NCCc1ccc(F)c(Br)c1)NC1CCN(C(=O)OCC)CC1.I. The molecule has 1 amide bonds. The summed E-state index contributed by atoms with van der Waals surface area (Å²) in [6, 6.07) is 5.30. The minimum Gasteiger partial charge on any atom is -0.450 e. The summed E-state index contributed by atoms with van der Waals surface area (Å²) in [6.07, 6.45) is 2.21. The highest BCUT2D eigenvalue weighted by Crippen LogP contribution is 2.17. The average molecular weight is 571 g/mol. The molecule has 158 valence electrons. The molecule has 1 heterocycles. The zero-order valence-corrected chi connectivity index (χ0v) is 20.3. The summed E-state index contributed by atoms with van der Waals surface area (Å²) >= 11 is 3.21. The largest absolute Gasteiger partial charge is 0.450 e. The molecule has 0 saturated carbocycles. The van der Waals surface area contributed by atoms with Gasteiger partial charge in [-0.2, -0.15) is 0 Å². The highest BCUT2D eigenvalue weighted by atomic mass is 127. The first-order valence-corrected chi connectivity index (χ1v) is 10.2. The molecule has 0 atom stereocenters. The lowest BCUT2D eigenvalue weighted by Gasteiger charge is -2.32. The van der Waals surface area contributed by atoms with E-state index in [2.05, 4.69) is 31.6 Å². The standard InChI is InChI=1S/C19H28BrFN4O2.HI/c1-3-22-18(23-10-7-14-5-6-17(21)16(20)13-14)24-15-8-11-25(12-9-15)19(26)27-4-2;/h5-6,13,15H,3-4,7-12H2,1-2H3,(H2,22,23,24);1H. The summed E-state index contributed by atoms with van der Waals surface area (Å²) < 4.78 is 18.8. The van der Waals surface area contributed by atoms with Crippen LogP contribution in [0.4, 0.5) is 9.18 Å². The molecule has 1 aromatic carbocycles. The topological polar surface area (TPSA) is 66.0 Å². The molecule has 28 heavy (non-hydrogen) atoms. The van der Waals surface area contributed by atoms with Gasteiger partial charge in [0.2, 0.25) is 0 Å². The van der Waals surface area contributed by atoms with E-state index in [1.54, 1.807) is 17.0 Å². The number of nitrogens with one attached hydrogen (secondary N) is 2. The van der Waals surface area contributed by atoms with Gasteiger partial charge in [-0.3, -0.25) is 4.99 Å². The van der Waals surface area contributed by atoms with Crippen LogP contribution in [0.25, 0.3) is 0 Å². The third kappa shape index (κ3) is 8.10. The van der Waals surface area contributed by atoms with Gasteiger partial charge in [0.15, 0.2) is 5.96 Å². The maximum absolute atomic E-state index is 13.3. The fourth-order valence-electron chi connectivity index (χ4n) is 2.93. The Morgan fingerprint density at radius 1 is 1.36 bits per heavy atom. The fourth-order valence-corrected chi connectivity index (χ4v) is 3.35. The van der Waals surface area contributed by atoms with E-state index in [1.807, 2.05) is 13.8 Å². The van der Waals surface area contributed by atoms with Crippen molar-refractivity contribution >= 4 is 52.0 Å². The first-order chi connectivity index (χ1) is 13.0. The van der Waals surface area contributed by atoms with E-state index in [9.17, 15) is 9.18 Å². The lowest BCUT2D eigenvalue weighted by Crippen LogP contribution is -2.50. The van der Waals surface area contributed by atoms with Crippen LogP contribution in [0.3, 0.4) is 0 Å². The zero-order valence-electron chi connectivity index (χ0n) is 16.3. The fraction of sp³-hybridized carbons (Fsp3) is 0.579. The number of hydrogen-bond donors (Lipinski definition) is 2. The first-order valence-electron chi connectivity index (χ1n) is 9.44. The van der Waals surface area contributed by atoms with Crippen LogP contribution in [-0.4, -0.2) is 55.8 Å². The van der Waals surface area contributed by atoms with E-state index in [-0.39, 0.29) is 41.9 Å². The van der Waals surface area contributed by atoms with Crippen molar-refractivity contribution < 1.29 is 13.9 Å². The third-order valence-electron chi connectivity index (χ3n) is 4.36. The molecular weight excluding hydrogens is 542 g/mol. The Balaban J connectivity index is 0.00000392. The highest BCUT2D eigenvalue weighted by Gasteiger charge is 2.23. The van der Waals surface area contributed by atoms with Gasteiger partial charge in [0.05, 0.1) is 11.1 Å². The van der Waals surface area contributed by atoms with Crippen LogP contribution in [0.2, 0.25) is 0 Å². The Morgan fingerprint density at radius 2 is 2.07 bits per heavy atom. The van der Waals surface area contributed by atoms with Crippen LogP contribution in [0.15, 0.2) is 27.7 Å². The van der Waals surface area contributed by atoms with Gasteiger partial charge in [0.25, 0.3) is 0 Å². The second-order valence-corrected chi connectivity index (χ2v) is 7.22. The molecule has 0 aromatic heterocycles. The molecule has 0 radical (unpaired) electrons. The maximum Gasteiger partial charge on any atom is 0.409 e. The van der Waals surface area contributed by atoms with Crippen LogP contribution in [0.1, 0.15) is 32.3 Å². The number of rotatable bonds is 6. The van der Waals surface area contributed by atoms with Gasteiger partial charge in [-0.1, -0.05) is 6.07 Å². The number of ether oxygens (including phenoxy) is 1. The number of carbonyl (C=O) groups excluding carboxylic acids is 1. The van der Waals surface area contributed by atoms with Crippen molar-refractivity contribution in [3.63, 3.8) is 0 Å². The lowest BCUT2D eigenvalue weighted by atomic mass is 10.1. The minimum atomic E-state index is -0.258. The molecule has 0 bridgehead atoms. The number of guanidine groups is 1. The van der Waals surface area contributed by atoms with E-state index < -0.39 is 0 Å². The van der Waals surface area contributed by atoms with Crippen molar-refractivity contribution in [2.45, 2.75) is 39.2 Å². The van der Waals surface area contributed by atoms with Gasteiger partial charge in [-0.25, -0.2) is 9.18 Å². The molecule has 1 saturated heterocycles. The van der Waals surface area contributed by atoms with E-state index in [1.165, 1.54) is 6.07 Å². The lowest BCUT2D eigenvalue weighted by molar-refractivity contribution is 0.0963. The number of piperidine rings is 1. The van der Waals surface area contributed by atoms with E-state index in [4.69, 9.17) is 4.74 Å². The normalized spacial score (nSPS) is 15.0. The summed E-state index contributed by atoms with van der Waals surface area (Å²) in [5.41, 5.74) is 1.03. The van der Waals surface area contributed by atoms with Crippen LogP contribution in [-0.2, 0) is 11.2 Å². The molecule has 2 N–H and O–H groups in total.